The zero-order valence-corrected chi connectivity index (χ0v) is 12.1. The molecular weight excluding hydrogens is 276 g/mol. The standard InChI is InChI=1S/C15H21F2N3O/c1-10(11-6-12(16)8-13(17)7-11)19-14-2-4-20(5-3-14)9-15(18)21/h6-8,10,14,19H,2-5,9H2,1H3,(H2,18,21). The van der Waals surface area contributed by atoms with Crippen LogP contribution in [0.25, 0.3) is 0 Å². The lowest BCUT2D eigenvalue weighted by molar-refractivity contribution is -0.119. The van der Waals surface area contributed by atoms with Gasteiger partial charge in [-0.25, -0.2) is 8.78 Å². The first kappa shape index (κ1) is 15.9. The zero-order chi connectivity index (χ0) is 15.4. The van der Waals surface area contributed by atoms with E-state index in [1.807, 2.05) is 11.8 Å². The van der Waals surface area contributed by atoms with E-state index in [2.05, 4.69) is 5.32 Å². The predicted octanol–water partition coefficient (Wildman–Crippen LogP) is 1.57. The molecule has 116 valence electrons. The molecule has 21 heavy (non-hydrogen) atoms. The lowest BCUT2D eigenvalue weighted by Crippen LogP contribution is -2.45. The summed E-state index contributed by atoms with van der Waals surface area (Å²) < 4.78 is 26.4. The van der Waals surface area contributed by atoms with E-state index in [1.165, 1.54) is 12.1 Å². The maximum absolute atomic E-state index is 13.2. The molecule has 0 bridgehead atoms. The molecular formula is C15H21F2N3O. The minimum absolute atomic E-state index is 0.122. The van der Waals surface area contributed by atoms with Crippen molar-refractivity contribution in [3.8, 4) is 0 Å². The van der Waals surface area contributed by atoms with Gasteiger partial charge in [0.2, 0.25) is 5.91 Å². The Balaban J connectivity index is 1.86. The van der Waals surface area contributed by atoms with Gasteiger partial charge in [0.25, 0.3) is 0 Å². The Kier molecular flexibility index (Phi) is 5.25. The van der Waals surface area contributed by atoms with Gasteiger partial charge in [0.05, 0.1) is 6.54 Å². The summed E-state index contributed by atoms with van der Waals surface area (Å²) in [7, 11) is 0. The van der Waals surface area contributed by atoms with Gasteiger partial charge >= 0.3 is 0 Å². The van der Waals surface area contributed by atoms with Gasteiger partial charge in [0.15, 0.2) is 0 Å². The molecule has 1 atom stereocenters. The average Bonchev–Trinajstić information content (AvgIpc) is 2.39. The monoisotopic (exact) mass is 297 g/mol. The Labute approximate surface area is 123 Å². The predicted molar refractivity (Wildman–Crippen MR) is 76.6 cm³/mol. The molecule has 1 saturated heterocycles. The molecule has 1 aromatic carbocycles. The zero-order valence-electron chi connectivity index (χ0n) is 12.1. The summed E-state index contributed by atoms with van der Waals surface area (Å²) in [5.41, 5.74) is 5.78. The second kappa shape index (κ2) is 6.95. The van der Waals surface area contributed by atoms with Crippen molar-refractivity contribution in [3.63, 3.8) is 0 Å². The van der Waals surface area contributed by atoms with E-state index in [9.17, 15) is 13.6 Å². The molecule has 0 spiro atoms. The summed E-state index contributed by atoms with van der Waals surface area (Å²) in [4.78, 5) is 12.9. The van der Waals surface area contributed by atoms with Crippen molar-refractivity contribution in [2.75, 3.05) is 19.6 Å². The molecule has 3 N–H and O–H groups in total. The van der Waals surface area contributed by atoms with Crippen molar-refractivity contribution in [2.24, 2.45) is 5.73 Å². The van der Waals surface area contributed by atoms with Crippen LogP contribution in [0.2, 0.25) is 0 Å². The van der Waals surface area contributed by atoms with Gasteiger partial charge in [-0.05, 0) is 37.5 Å². The van der Waals surface area contributed by atoms with Crippen LogP contribution in [-0.4, -0.2) is 36.5 Å². The number of primary amides is 1. The number of likely N-dealkylation sites (tertiary alicyclic amines) is 1. The Morgan fingerprint density at radius 2 is 1.90 bits per heavy atom. The van der Waals surface area contributed by atoms with Gasteiger partial charge in [-0.2, -0.15) is 0 Å². The van der Waals surface area contributed by atoms with Crippen molar-refractivity contribution >= 4 is 5.91 Å². The molecule has 2 rings (SSSR count). The van der Waals surface area contributed by atoms with Crippen LogP contribution < -0.4 is 11.1 Å². The third-order valence-corrected chi connectivity index (χ3v) is 3.84. The highest BCUT2D eigenvalue weighted by molar-refractivity contribution is 5.75. The fourth-order valence-electron chi connectivity index (χ4n) is 2.75. The first-order valence-electron chi connectivity index (χ1n) is 7.16. The van der Waals surface area contributed by atoms with Crippen molar-refractivity contribution in [1.82, 2.24) is 10.2 Å². The van der Waals surface area contributed by atoms with E-state index in [-0.39, 0.29) is 24.5 Å². The smallest absolute Gasteiger partial charge is 0.231 e. The summed E-state index contributed by atoms with van der Waals surface area (Å²) in [5, 5.41) is 3.39. The normalized spacial score (nSPS) is 18.6. The van der Waals surface area contributed by atoms with Crippen molar-refractivity contribution in [3.05, 3.63) is 35.4 Å². The number of benzene rings is 1. The molecule has 0 radical (unpaired) electrons. The number of piperidine rings is 1. The fraction of sp³-hybridized carbons (Fsp3) is 0.533. The number of amides is 1. The second-order valence-electron chi connectivity index (χ2n) is 5.61. The Bertz CT molecular complexity index is 481. The number of rotatable bonds is 5. The maximum atomic E-state index is 13.2. The number of carbonyl (C=O) groups is 1. The second-order valence-corrected chi connectivity index (χ2v) is 5.61. The van der Waals surface area contributed by atoms with Crippen molar-refractivity contribution in [2.45, 2.75) is 31.8 Å². The number of nitrogens with two attached hydrogens (primary N) is 1. The van der Waals surface area contributed by atoms with Crippen LogP contribution >= 0.6 is 0 Å². The molecule has 1 aliphatic heterocycles. The molecule has 0 aliphatic carbocycles. The number of hydrogen-bond acceptors (Lipinski definition) is 3. The minimum Gasteiger partial charge on any atom is -0.369 e. The highest BCUT2D eigenvalue weighted by atomic mass is 19.1. The van der Waals surface area contributed by atoms with Gasteiger partial charge in [-0.15, -0.1) is 0 Å². The summed E-state index contributed by atoms with van der Waals surface area (Å²) in [6, 6.07) is 3.73. The topological polar surface area (TPSA) is 58.4 Å². The van der Waals surface area contributed by atoms with Gasteiger partial charge in [0.1, 0.15) is 11.6 Å². The van der Waals surface area contributed by atoms with Gasteiger partial charge in [-0.3, -0.25) is 9.69 Å². The SMILES string of the molecule is CC(NC1CCN(CC(N)=O)CC1)c1cc(F)cc(F)c1. The van der Waals surface area contributed by atoms with Crippen LogP contribution in [-0.2, 0) is 4.79 Å². The number of halogens is 2. The summed E-state index contributed by atoms with van der Waals surface area (Å²) in [6.45, 7) is 3.77. The molecule has 1 fully saturated rings. The average molecular weight is 297 g/mol. The van der Waals surface area contributed by atoms with Crippen LogP contribution in [0.15, 0.2) is 18.2 Å². The van der Waals surface area contributed by atoms with Crippen LogP contribution in [0.5, 0.6) is 0 Å². The maximum Gasteiger partial charge on any atom is 0.231 e. The molecule has 1 aromatic rings. The van der Waals surface area contributed by atoms with E-state index in [1.54, 1.807) is 0 Å². The molecule has 4 nitrogen and oxygen atoms in total. The number of hydrogen-bond donors (Lipinski definition) is 2. The van der Waals surface area contributed by atoms with Crippen LogP contribution in [0.1, 0.15) is 31.4 Å². The molecule has 0 saturated carbocycles. The first-order chi connectivity index (χ1) is 9.94. The van der Waals surface area contributed by atoms with Crippen LogP contribution in [0.4, 0.5) is 8.78 Å². The highest BCUT2D eigenvalue weighted by Gasteiger charge is 2.21. The van der Waals surface area contributed by atoms with E-state index < -0.39 is 11.6 Å². The third kappa shape index (κ3) is 4.75. The molecule has 1 heterocycles. The Morgan fingerprint density at radius 3 is 2.43 bits per heavy atom. The minimum atomic E-state index is -0.560. The van der Waals surface area contributed by atoms with E-state index in [0.717, 1.165) is 32.0 Å². The Morgan fingerprint density at radius 1 is 1.33 bits per heavy atom. The van der Waals surface area contributed by atoms with E-state index >= 15 is 0 Å². The lowest BCUT2D eigenvalue weighted by atomic mass is 10.0. The van der Waals surface area contributed by atoms with Gasteiger partial charge in [0, 0.05) is 31.2 Å². The summed E-state index contributed by atoms with van der Waals surface area (Å²) in [6.07, 6.45) is 1.77. The Hall–Kier alpha value is -1.53. The van der Waals surface area contributed by atoms with E-state index in [0.29, 0.717) is 5.56 Å². The first-order valence-corrected chi connectivity index (χ1v) is 7.16. The molecule has 1 unspecified atom stereocenters. The van der Waals surface area contributed by atoms with Crippen LogP contribution in [0.3, 0.4) is 0 Å². The van der Waals surface area contributed by atoms with Gasteiger partial charge in [-0.1, -0.05) is 0 Å². The number of nitrogens with one attached hydrogen (secondary N) is 1. The fourth-order valence-corrected chi connectivity index (χ4v) is 2.75. The van der Waals surface area contributed by atoms with Gasteiger partial charge < -0.3 is 11.1 Å². The largest absolute Gasteiger partial charge is 0.369 e. The number of nitrogens with zero attached hydrogens (tertiary/aromatic N) is 1. The van der Waals surface area contributed by atoms with Crippen molar-refractivity contribution < 1.29 is 13.6 Å². The van der Waals surface area contributed by atoms with Crippen molar-refractivity contribution in [1.29, 1.82) is 0 Å². The molecule has 0 aromatic heterocycles. The lowest BCUT2D eigenvalue weighted by Gasteiger charge is -2.33. The highest BCUT2D eigenvalue weighted by Crippen LogP contribution is 2.19. The quantitative estimate of drug-likeness (QED) is 0.867. The van der Waals surface area contributed by atoms with Crippen LogP contribution in [0, 0.1) is 11.6 Å². The third-order valence-electron chi connectivity index (χ3n) is 3.84. The molecule has 1 amide bonds. The van der Waals surface area contributed by atoms with E-state index in [4.69, 9.17) is 5.73 Å². The number of carbonyl (C=O) groups excluding carboxylic acids is 1. The molecule has 6 heteroatoms. The molecule has 1 aliphatic rings. The summed E-state index contributed by atoms with van der Waals surface area (Å²) >= 11 is 0. The summed E-state index contributed by atoms with van der Waals surface area (Å²) in [5.74, 6) is -1.44.